The van der Waals surface area contributed by atoms with E-state index in [2.05, 4.69) is 9.97 Å². The van der Waals surface area contributed by atoms with Crippen molar-refractivity contribution < 1.29 is 8.42 Å². The van der Waals surface area contributed by atoms with Crippen molar-refractivity contribution in [3.8, 4) is 0 Å². The minimum atomic E-state index is -3.19. The van der Waals surface area contributed by atoms with E-state index in [1.165, 1.54) is 12.4 Å². The van der Waals surface area contributed by atoms with Gasteiger partial charge in [-0.3, -0.25) is 4.98 Å². The Kier molecular flexibility index (Phi) is 1.90. The molecule has 11 heavy (non-hydrogen) atoms. The van der Waals surface area contributed by atoms with E-state index in [9.17, 15) is 8.42 Å². The van der Waals surface area contributed by atoms with Gasteiger partial charge >= 0.3 is 0 Å². The molecule has 0 saturated carbocycles. The summed E-state index contributed by atoms with van der Waals surface area (Å²) in [6.45, 7) is 1.75. The van der Waals surface area contributed by atoms with E-state index < -0.39 is 9.84 Å². The number of rotatable bonds is 1. The molecule has 0 aliphatic carbocycles. The number of aromatic nitrogens is 2. The second-order valence-electron chi connectivity index (χ2n) is 2.27. The van der Waals surface area contributed by atoms with Crippen molar-refractivity contribution >= 4 is 9.84 Å². The van der Waals surface area contributed by atoms with Gasteiger partial charge in [0.05, 0.1) is 11.9 Å². The van der Waals surface area contributed by atoms with E-state index >= 15 is 0 Å². The Balaban J connectivity index is 3.20. The van der Waals surface area contributed by atoms with Gasteiger partial charge in [-0.1, -0.05) is 0 Å². The third-order valence-electron chi connectivity index (χ3n) is 1.14. The van der Waals surface area contributed by atoms with Gasteiger partial charge in [0.1, 0.15) is 0 Å². The summed E-state index contributed by atoms with van der Waals surface area (Å²) in [6, 6.07) is 0. The number of sulfone groups is 1. The highest BCUT2D eigenvalue weighted by Crippen LogP contribution is 2.01. The van der Waals surface area contributed by atoms with Crippen molar-refractivity contribution in [3.63, 3.8) is 0 Å². The topological polar surface area (TPSA) is 59.9 Å². The second kappa shape index (κ2) is 2.58. The summed E-state index contributed by atoms with van der Waals surface area (Å²) < 4.78 is 21.7. The molecule has 60 valence electrons. The first kappa shape index (κ1) is 8.13. The Morgan fingerprint density at radius 2 is 1.91 bits per heavy atom. The van der Waals surface area contributed by atoms with Crippen molar-refractivity contribution in [2.24, 2.45) is 0 Å². The normalized spacial score (nSPS) is 11.5. The molecule has 5 heteroatoms. The van der Waals surface area contributed by atoms with Crippen LogP contribution in [-0.4, -0.2) is 24.6 Å². The first-order valence-corrected chi connectivity index (χ1v) is 4.88. The van der Waals surface area contributed by atoms with Gasteiger partial charge in [-0.2, -0.15) is 0 Å². The van der Waals surface area contributed by atoms with Crippen LogP contribution in [0.5, 0.6) is 0 Å². The molecule has 0 unspecified atom stereocenters. The molecular weight excluding hydrogens is 164 g/mol. The fourth-order valence-corrected chi connectivity index (χ4v) is 1.06. The smallest absolute Gasteiger partial charge is 0.194 e. The maximum absolute atomic E-state index is 10.8. The molecule has 0 saturated heterocycles. The summed E-state index contributed by atoms with van der Waals surface area (Å²) in [5.41, 5.74) is 0.706. The third kappa shape index (κ3) is 1.98. The van der Waals surface area contributed by atoms with Crippen molar-refractivity contribution in [2.75, 3.05) is 6.26 Å². The highest BCUT2D eigenvalue weighted by Gasteiger charge is 2.07. The predicted molar refractivity (Wildman–Crippen MR) is 39.9 cm³/mol. The molecule has 0 aliphatic heterocycles. The maximum atomic E-state index is 10.8. The number of hydrogen-bond donors (Lipinski definition) is 0. The van der Waals surface area contributed by atoms with E-state index in [-0.39, 0.29) is 5.03 Å². The summed E-state index contributed by atoms with van der Waals surface area (Å²) in [4.78, 5) is 7.50. The molecule has 0 amide bonds. The lowest BCUT2D eigenvalue weighted by molar-refractivity contribution is 0.597. The van der Waals surface area contributed by atoms with E-state index in [1.54, 1.807) is 6.92 Å². The first-order valence-electron chi connectivity index (χ1n) is 2.99. The van der Waals surface area contributed by atoms with E-state index in [4.69, 9.17) is 0 Å². The molecule has 0 radical (unpaired) electrons. The van der Waals surface area contributed by atoms with Crippen LogP contribution < -0.4 is 0 Å². The molecule has 1 aromatic heterocycles. The average Bonchev–Trinajstić information content (AvgIpc) is 1.86. The average molecular weight is 172 g/mol. The summed E-state index contributed by atoms with van der Waals surface area (Å²) in [7, 11) is -3.19. The lowest BCUT2D eigenvalue weighted by Crippen LogP contribution is -2.01. The van der Waals surface area contributed by atoms with Crippen molar-refractivity contribution in [2.45, 2.75) is 11.9 Å². The van der Waals surface area contributed by atoms with Crippen molar-refractivity contribution in [1.29, 1.82) is 0 Å². The fraction of sp³-hybridized carbons (Fsp3) is 0.333. The molecule has 0 bridgehead atoms. The Bertz CT molecular complexity index is 341. The zero-order valence-corrected chi connectivity index (χ0v) is 7.09. The van der Waals surface area contributed by atoms with Crippen LogP contribution in [0.15, 0.2) is 17.4 Å². The van der Waals surface area contributed by atoms with Gasteiger partial charge in [0.25, 0.3) is 0 Å². The van der Waals surface area contributed by atoms with Gasteiger partial charge < -0.3 is 0 Å². The Morgan fingerprint density at radius 3 is 2.27 bits per heavy atom. The van der Waals surface area contributed by atoms with Crippen LogP contribution >= 0.6 is 0 Å². The molecule has 0 aliphatic rings. The lowest BCUT2D eigenvalue weighted by atomic mass is 10.5. The van der Waals surface area contributed by atoms with Gasteiger partial charge in [0.15, 0.2) is 14.9 Å². The van der Waals surface area contributed by atoms with Gasteiger partial charge in [0.2, 0.25) is 0 Å². The summed E-state index contributed by atoms with van der Waals surface area (Å²) >= 11 is 0. The Hall–Kier alpha value is -0.970. The SMILES string of the molecule is Cc1cnc(S(C)(=O)=O)cn1. The largest absolute Gasteiger partial charge is 0.257 e. The Labute approximate surface area is 65.2 Å². The van der Waals surface area contributed by atoms with Crippen molar-refractivity contribution in [1.82, 2.24) is 9.97 Å². The monoisotopic (exact) mass is 172 g/mol. The standard InChI is InChI=1S/C6H8N2O2S/c1-5-3-8-6(4-7-5)11(2,9)10/h3-4H,1-2H3. The molecule has 4 nitrogen and oxygen atoms in total. The number of aryl methyl sites for hydroxylation is 1. The van der Waals surface area contributed by atoms with E-state index in [1.807, 2.05) is 0 Å². The Morgan fingerprint density at radius 1 is 1.27 bits per heavy atom. The fourth-order valence-electron chi connectivity index (χ4n) is 0.572. The minimum Gasteiger partial charge on any atom is -0.257 e. The van der Waals surface area contributed by atoms with Crippen LogP contribution in [0.2, 0.25) is 0 Å². The van der Waals surface area contributed by atoms with E-state index in [0.717, 1.165) is 6.26 Å². The first-order chi connectivity index (χ1) is 5.00. The number of hydrogen-bond acceptors (Lipinski definition) is 4. The molecule has 0 N–H and O–H groups in total. The van der Waals surface area contributed by atoms with Gasteiger partial charge in [-0.15, -0.1) is 0 Å². The van der Waals surface area contributed by atoms with Crippen LogP contribution in [0.25, 0.3) is 0 Å². The molecule has 1 rings (SSSR count). The second-order valence-corrected chi connectivity index (χ2v) is 4.23. The van der Waals surface area contributed by atoms with Gasteiger partial charge in [-0.05, 0) is 6.92 Å². The van der Waals surface area contributed by atoms with Gasteiger partial charge in [-0.25, -0.2) is 13.4 Å². The highest BCUT2D eigenvalue weighted by molar-refractivity contribution is 7.90. The van der Waals surface area contributed by atoms with Crippen LogP contribution in [0.3, 0.4) is 0 Å². The predicted octanol–water partition coefficient (Wildman–Crippen LogP) is 0.189. The van der Waals surface area contributed by atoms with Crippen LogP contribution in [0, 0.1) is 6.92 Å². The molecule has 0 atom stereocenters. The molecule has 0 fully saturated rings. The summed E-state index contributed by atoms with van der Waals surface area (Å²) in [6.07, 6.45) is 3.79. The molecule has 0 aromatic carbocycles. The number of nitrogens with zero attached hydrogens (tertiary/aromatic N) is 2. The molecular formula is C6H8N2O2S. The van der Waals surface area contributed by atoms with Crippen LogP contribution in [0.4, 0.5) is 0 Å². The maximum Gasteiger partial charge on any atom is 0.194 e. The van der Waals surface area contributed by atoms with Crippen molar-refractivity contribution in [3.05, 3.63) is 18.1 Å². The summed E-state index contributed by atoms with van der Waals surface area (Å²) in [5, 5.41) is 0.0168. The quantitative estimate of drug-likeness (QED) is 0.606. The zero-order chi connectivity index (χ0) is 8.48. The zero-order valence-electron chi connectivity index (χ0n) is 6.27. The highest BCUT2D eigenvalue weighted by atomic mass is 32.2. The van der Waals surface area contributed by atoms with Crippen LogP contribution in [0.1, 0.15) is 5.69 Å². The summed E-state index contributed by atoms with van der Waals surface area (Å²) in [5.74, 6) is 0. The van der Waals surface area contributed by atoms with Gasteiger partial charge in [0, 0.05) is 12.5 Å². The van der Waals surface area contributed by atoms with E-state index in [0.29, 0.717) is 5.69 Å². The van der Waals surface area contributed by atoms with Crippen LogP contribution in [-0.2, 0) is 9.84 Å². The third-order valence-corrected chi connectivity index (χ3v) is 2.11. The lowest BCUT2D eigenvalue weighted by Gasteiger charge is -1.94. The molecule has 1 heterocycles. The minimum absolute atomic E-state index is 0.0168. The molecule has 0 spiro atoms. The molecule has 1 aromatic rings.